The fraction of sp³-hybridized carbons (Fsp3) is 0.571. The average Bonchev–Trinajstić information content (AvgIpc) is 3.09. The Labute approximate surface area is 102 Å². The van der Waals surface area contributed by atoms with Crippen LogP contribution in [0.2, 0.25) is 0 Å². The number of ether oxygens (including phenoxy) is 1. The molecule has 2 nitrogen and oxygen atoms in total. The Morgan fingerprint density at radius 2 is 2.24 bits per heavy atom. The highest BCUT2D eigenvalue weighted by atomic mass is 19.1. The number of rotatable bonds is 6. The lowest BCUT2D eigenvalue weighted by Gasteiger charge is -2.15. The second-order valence-corrected chi connectivity index (χ2v) is 5.01. The predicted octanol–water partition coefficient (Wildman–Crippen LogP) is 2.90. The van der Waals surface area contributed by atoms with E-state index in [0.717, 1.165) is 23.9 Å². The van der Waals surface area contributed by atoms with Gasteiger partial charge in [0.25, 0.3) is 0 Å². The van der Waals surface area contributed by atoms with Gasteiger partial charge in [-0.1, -0.05) is 6.92 Å². The Morgan fingerprint density at radius 1 is 1.47 bits per heavy atom. The molecule has 3 heteroatoms. The van der Waals surface area contributed by atoms with E-state index in [1.54, 1.807) is 6.07 Å². The molecule has 0 bridgehead atoms. The summed E-state index contributed by atoms with van der Waals surface area (Å²) < 4.78 is 18.6. The standard InChI is InChI=1S/C14H20FNO/c1-10(8-16-13-4-5-13)9-17-14-6-3-12(15)7-11(14)2/h3,6-7,10,13,16H,4-5,8-9H2,1-2H3. The summed E-state index contributed by atoms with van der Waals surface area (Å²) >= 11 is 0. The van der Waals surface area contributed by atoms with Crippen molar-refractivity contribution in [1.29, 1.82) is 0 Å². The molecular formula is C14H20FNO. The molecule has 1 unspecified atom stereocenters. The zero-order valence-corrected chi connectivity index (χ0v) is 10.5. The maximum Gasteiger partial charge on any atom is 0.123 e. The molecule has 0 aliphatic heterocycles. The van der Waals surface area contributed by atoms with Crippen LogP contribution in [0.4, 0.5) is 4.39 Å². The van der Waals surface area contributed by atoms with Crippen LogP contribution in [0.15, 0.2) is 18.2 Å². The number of benzene rings is 1. The molecule has 1 N–H and O–H groups in total. The molecule has 1 saturated carbocycles. The number of halogens is 1. The van der Waals surface area contributed by atoms with Crippen molar-refractivity contribution in [2.24, 2.45) is 5.92 Å². The van der Waals surface area contributed by atoms with Crippen molar-refractivity contribution >= 4 is 0 Å². The van der Waals surface area contributed by atoms with E-state index in [9.17, 15) is 4.39 Å². The monoisotopic (exact) mass is 237 g/mol. The van der Waals surface area contributed by atoms with Crippen molar-refractivity contribution in [1.82, 2.24) is 5.32 Å². The van der Waals surface area contributed by atoms with Crippen molar-refractivity contribution in [3.63, 3.8) is 0 Å². The maximum atomic E-state index is 12.9. The van der Waals surface area contributed by atoms with Gasteiger partial charge < -0.3 is 10.1 Å². The molecule has 1 fully saturated rings. The van der Waals surface area contributed by atoms with Crippen LogP contribution in [0.5, 0.6) is 5.75 Å². The number of hydrogen-bond acceptors (Lipinski definition) is 2. The molecule has 1 aliphatic rings. The molecule has 17 heavy (non-hydrogen) atoms. The summed E-state index contributed by atoms with van der Waals surface area (Å²) in [6.45, 7) is 5.69. The van der Waals surface area contributed by atoms with Gasteiger partial charge in [0.2, 0.25) is 0 Å². The van der Waals surface area contributed by atoms with Gasteiger partial charge in [-0.25, -0.2) is 4.39 Å². The van der Waals surface area contributed by atoms with Gasteiger partial charge in [-0.15, -0.1) is 0 Å². The van der Waals surface area contributed by atoms with Crippen molar-refractivity contribution in [2.75, 3.05) is 13.2 Å². The first-order valence-corrected chi connectivity index (χ1v) is 6.27. The van der Waals surface area contributed by atoms with Crippen LogP contribution in [-0.4, -0.2) is 19.2 Å². The number of hydrogen-bond donors (Lipinski definition) is 1. The van der Waals surface area contributed by atoms with E-state index in [2.05, 4.69) is 12.2 Å². The smallest absolute Gasteiger partial charge is 0.123 e. The Balaban J connectivity index is 1.75. The zero-order valence-electron chi connectivity index (χ0n) is 10.5. The molecule has 0 radical (unpaired) electrons. The molecule has 1 aromatic rings. The summed E-state index contributed by atoms with van der Waals surface area (Å²) in [5.74, 6) is 1.04. The van der Waals surface area contributed by atoms with Gasteiger partial charge in [0.05, 0.1) is 6.61 Å². The van der Waals surface area contributed by atoms with Gasteiger partial charge in [0, 0.05) is 18.5 Å². The lowest BCUT2D eigenvalue weighted by Crippen LogP contribution is -2.26. The van der Waals surface area contributed by atoms with Gasteiger partial charge in [-0.2, -0.15) is 0 Å². The first-order chi connectivity index (χ1) is 8.15. The number of nitrogens with one attached hydrogen (secondary N) is 1. The third-order valence-corrected chi connectivity index (χ3v) is 2.99. The molecule has 0 spiro atoms. The maximum absolute atomic E-state index is 12.9. The van der Waals surface area contributed by atoms with Crippen LogP contribution in [0.3, 0.4) is 0 Å². The lowest BCUT2D eigenvalue weighted by molar-refractivity contribution is 0.253. The normalized spacial score (nSPS) is 16.9. The highest BCUT2D eigenvalue weighted by molar-refractivity contribution is 5.32. The van der Waals surface area contributed by atoms with E-state index >= 15 is 0 Å². The fourth-order valence-corrected chi connectivity index (χ4v) is 1.72. The molecule has 94 valence electrons. The molecule has 0 aromatic heterocycles. The third-order valence-electron chi connectivity index (χ3n) is 2.99. The van der Waals surface area contributed by atoms with Crippen molar-refractivity contribution in [2.45, 2.75) is 32.7 Å². The highest BCUT2D eigenvalue weighted by Gasteiger charge is 2.20. The van der Waals surface area contributed by atoms with Gasteiger partial charge >= 0.3 is 0 Å². The van der Waals surface area contributed by atoms with E-state index < -0.39 is 0 Å². The average molecular weight is 237 g/mol. The van der Waals surface area contributed by atoms with Gasteiger partial charge in [0.15, 0.2) is 0 Å². The summed E-state index contributed by atoms with van der Waals surface area (Å²) in [5.41, 5.74) is 0.854. The van der Waals surface area contributed by atoms with E-state index in [1.807, 2.05) is 6.92 Å². The summed E-state index contributed by atoms with van der Waals surface area (Å²) in [6.07, 6.45) is 2.62. The summed E-state index contributed by atoms with van der Waals surface area (Å²) in [5, 5.41) is 3.48. The molecule has 2 rings (SSSR count). The molecule has 1 atom stereocenters. The van der Waals surface area contributed by atoms with Gasteiger partial charge in [-0.05, 0) is 43.5 Å². The quantitative estimate of drug-likeness (QED) is 0.821. The summed E-state index contributed by atoms with van der Waals surface area (Å²) in [7, 11) is 0. The highest BCUT2D eigenvalue weighted by Crippen LogP contribution is 2.20. The zero-order chi connectivity index (χ0) is 12.3. The second kappa shape index (κ2) is 5.50. The van der Waals surface area contributed by atoms with Crippen molar-refractivity contribution in [3.8, 4) is 5.75 Å². The van der Waals surface area contributed by atoms with E-state index in [0.29, 0.717) is 12.5 Å². The molecule has 1 aromatic carbocycles. The van der Waals surface area contributed by atoms with Crippen molar-refractivity contribution < 1.29 is 9.13 Å². The van der Waals surface area contributed by atoms with Crippen LogP contribution in [0.25, 0.3) is 0 Å². The minimum atomic E-state index is -0.210. The Hall–Kier alpha value is -1.09. The summed E-state index contributed by atoms with van der Waals surface area (Å²) in [4.78, 5) is 0. The second-order valence-electron chi connectivity index (χ2n) is 5.01. The van der Waals surface area contributed by atoms with Crippen molar-refractivity contribution in [3.05, 3.63) is 29.6 Å². The largest absolute Gasteiger partial charge is 0.493 e. The summed E-state index contributed by atoms with van der Waals surface area (Å²) in [6, 6.07) is 5.38. The van der Waals surface area contributed by atoms with E-state index in [4.69, 9.17) is 4.74 Å². The minimum absolute atomic E-state index is 0.210. The van der Waals surface area contributed by atoms with Crippen LogP contribution in [0, 0.1) is 18.7 Å². The van der Waals surface area contributed by atoms with E-state index in [1.165, 1.54) is 25.0 Å². The Morgan fingerprint density at radius 3 is 2.88 bits per heavy atom. The molecule has 0 amide bonds. The van der Waals surface area contributed by atoms with Gasteiger partial charge in [-0.3, -0.25) is 0 Å². The first-order valence-electron chi connectivity index (χ1n) is 6.27. The van der Waals surface area contributed by atoms with Gasteiger partial charge in [0.1, 0.15) is 11.6 Å². The molecule has 0 saturated heterocycles. The molecule has 0 heterocycles. The topological polar surface area (TPSA) is 21.3 Å². The molecular weight excluding hydrogens is 217 g/mol. The van der Waals surface area contributed by atoms with Crippen LogP contribution in [-0.2, 0) is 0 Å². The van der Waals surface area contributed by atoms with E-state index in [-0.39, 0.29) is 5.82 Å². The molecule has 1 aliphatic carbocycles. The lowest BCUT2D eigenvalue weighted by atomic mass is 10.2. The predicted molar refractivity (Wildman–Crippen MR) is 66.8 cm³/mol. The first kappa shape index (κ1) is 12.4. The fourth-order valence-electron chi connectivity index (χ4n) is 1.72. The van der Waals surface area contributed by atoms with Crippen LogP contribution < -0.4 is 10.1 Å². The Bertz CT molecular complexity index is 376. The SMILES string of the molecule is Cc1cc(F)ccc1OCC(C)CNC1CC1. The number of aryl methyl sites for hydroxylation is 1. The van der Waals surface area contributed by atoms with Crippen LogP contribution in [0.1, 0.15) is 25.3 Å². The van der Waals surface area contributed by atoms with Crippen LogP contribution >= 0.6 is 0 Å². The third kappa shape index (κ3) is 4.00. The Kier molecular flexibility index (Phi) is 4.00. The minimum Gasteiger partial charge on any atom is -0.493 e.